The highest BCUT2D eigenvalue weighted by molar-refractivity contribution is 5.88. The third-order valence-corrected chi connectivity index (χ3v) is 3.25. The molecular weight excluding hydrogens is 282 g/mol. The molecular formula is C17H19NO4. The normalized spacial score (nSPS) is 13.8. The number of quaternary nitrogens is 1. The van der Waals surface area contributed by atoms with Crippen LogP contribution in [0.15, 0.2) is 48.5 Å². The number of nitrogens with two attached hydrogens (primary N) is 1. The Balaban J connectivity index is 0.000000246. The van der Waals surface area contributed by atoms with Gasteiger partial charge in [-0.3, -0.25) is 0 Å². The standard InChI is InChI=1S/C13H10O3.C4H9NO/c14-12-7-5-10(6-8-12)9-1-3-11(4-2-9)13(15)16;1-3-6-4-2-5-1/h1-8,14H,(H,15,16);5H,1-4H2. The van der Waals surface area contributed by atoms with Crippen molar-refractivity contribution in [2.24, 2.45) is 0 Å². The fourth-order valence-electron chi connectivity index (χ4n) is 2.03. The van der Waals surface area contributed by atoms with Gasteiger partial charge in [0.05, 0.1) is 31.9 Å². The molecule has 0 amide bonds. The lowest BCUT2D eigenvalue weighted by Crippen LogP contribution is -2.87. The summed E-state index contributed by atoms with van der Waals surface area (Å²) >= 11 is 0. The van der Waals surface area contributed by atoms with E-state index in [0.717, 1.165) is 37.4 Å². The topological polar surface area (TPSA) is 86.2 Å². The molecule has 0 bridgehead atoms. The molecule has 0 saturated carbocycles. The van der Waals surface area contributed by atoms with Crippen molar-refractivity contribution in [2.45, 2.75) is 0 Å². The van der Waals surface area contributed by atoms with Gasteiger partial charge in [-0.25, -0.2) is 4.79 Å². The quantitative estimate of drug-likeness (QED) is 0.855. The fraction of sp³-hybridized carbons (Fsp3) is 0.235. The van der Waals surface area contributed by atoms with Crippen molar-refractivity contribution in [1.82, 2.24) is 0 Å². The van der Waals surface area contributed by atoms with Gasteiger partial charge in [-0.15, -0.1) is 5.75 Å². The Bertz CT molecular complexity index is 578. The fourth-order valence-corrected chi connectivity index (χ4v) is 2.03. The summed E-state index contributed by atoms with van der Waals surface area (Å²) in [6, 6.07) is 13.0. The molecule has 3 rings (SSSR count). The second-order valence-corrected chi connectivity index (χ2v) is 4.89. The maximum absolute atomic E-state index is 10.9. The van der Waals surface area contributed by atoms with Gasteiger partial charge in [-0.1, -0.05) is 36.4 Å². The summed E-state index contributed by atoms with van der Waals surface area (Å²) in [7, 11) is 0. The van der Waals surface area contributed by atoms with Crippen molar-refractivity contribution in [1.29, 1.82) is 0 Å². The maximum Gasteiger partial charge on any atom is 0.335 e. The molecule has 1 saturated heterocycles. The Kier molecular flexibility index (Phi) is 5.94. The van der Waals surface area contributed by atoms with Gasteiger partial charge >= 0.3 is 5.97 Å². The predicted octanol–water partition coefficient (Wildman–Crippen LogP) is 0.705. The van der Waals surface area contributed by atoms with Gasteiger partial charge in [-0.2, -0.15) is 0 Å². The van der Waals surface area contributed by atoms with E-state index < -0.39 is 5.97 Å². The third kappa shape index (κ3) is 4.87. The molecule has 22 heavy (non-hydrogen) atoms. The van der Waals surface area contributed by atoms with Crippen LogP contribution in [-0.2, 0) is 4.74 Å². The second-order valence-electron chi connectivity index (χ2n) is 4.89. The zero-order valence-electron chi connectivity index (χ0n) is 12.2. The Labute approximate surface area is 129 Å². The van der Waals surface area contributed by atoms with Crippen LogP contribution in [0.3, 0.4) is 0 Å². The number of hydrogen-bond donors (Lipinski definition) is 2. The summed E-state index contributed by atoms with van der Waals surface area (Å²) in [4.78, 5) is 10.7. The third-order valence-electron chi connectivity index (χ3n) is 3.25. The largest absolute Gasteiger partial charge is 0.872 e. The number of aromatic carboxylic acids is 1. The van der Waals surface area contributed by atoms with E-state index in [-0.39, 0.29) is 11.3 Å². The van der Waals surface area contributed by atoms with Crippen molar-refractivity contribution in [3.8, 4) is 16.9 Å². The van der Waals surface area contributed by atoms with E-state index in [1.807, 2.05) is 0 Å². The molecule has 2 aromatic rings. The molecule has 0 aliphatic carbocycles. The molecule has 1 fully saturated rings. The van der Waals surface area contributed by atoms with Crippen molar-refractivity contribution < 1.29 is 25.1 Å². The smallest absolute Gasteiger partial charge is 0.335 e. The molecule has 1 aliphatic rings. The minimum absolute atomic E-state index is 0.0362. The van der Waals surface area contributed by atoms with Crippen molar-refractivity contribution in [2.75, 3.05) is 26.3 Å². The highest BCUT2D eigenvalue weighted by atomic mass is 16.5. The van der Waals surface area contributed by atoms with Crippen molar-refractivity contribution >= 4 is 5.97 Å². The lowest BCUT2D eigenvalue weighted by atomic mass is 10.0. The number of rotatable bonds is 2. The van der Waals surface area contributed by atoms with Crippen LogP contribution in [0.4, 0.5) is 0 Å². The molecule has 1 aliphatic heterocycles. The number of carbonyl (C=O) groups is 1. The summed E-state index contributed by atoms with van der Waals surface area (Å²) in [5.41, 5.74) is 2.05. The first kappa shape index (κ1) is 16.0. The van der Waals surface area contributed by atoms with E-state index in [9.17, 15) is 9.90 Å². The Morgan fingerprint density at radius 2 is 1.45 bits per heavy atom. The number of hydrogen-bond acceptors (Lipinski definition) is 3. The minimum Gasteiger partial charge on any atom is -0.872 e. The lowest BCUT2D eigenvalue weighted by molar-refractivity contribution is -0.670. The van der Waals surface area contributed by atoms with Gasteiger partial charge in [0, 0.05) is 0 Å². The molecule has 2 aromatic carbocycles. The minimum atomic E-state index is -0.943. The first-order valence-electron chi connectivity index (χ1n) is 7.17. The van der Waals surface area contributed by atoms with Crippen LogP contribution in [0.1, 0.15) is 10.4 Å². The number of carboxylic acid groups (broad SMARTS) is 1. The van der Waals surface area contributed by atoms with Crippen LogP contribution in [0.25, 0.3) is 11.1 Å². The van der Waals surface area contributed by atoms with Crippen LogP contribution in [-0.4, -0.2) is 37.4 Å². The average molecular weight is 301 g/mol. The molecule has 0 radical (unpaired) electrons. The summed E-state index contributed by atoms with van der Waals surface area (Å²) < 4.78 is 5.04. The van der Waals surface area contributed by atoms with Gasteiger partial charge in [0.1, 0.15) is 0 Å². The molecule has 0 spiro atoms. The van der Waals surface area contributed by atoms with Crippen LogP contribution in [0.2, 0.25) is 0 Å². The van der Waals surface area contributed by atoms with E-state index in [4.69, 9.17) is 9.84 Å². The van der Waals surface area contributed by atoms with Crippen molar-refractivity contribution in [3.63, 3.8) is 0 Å². The highest BCUT2D eigenvalue weighted by Gasteiger charge is 2.02. The monoisotopic (exact) mass is 301 g/mol. The summed E-state index contributed by atoms with van der Waals surface area (Å²) in [6.45, 7) is 4.19. The number of ether oxygens (including phenoxy) is 1. The molecule has 5 heteroatoms. The molecule has 116 valence electrons. The second kappa shape index (κ2) is 8.17. The van der Waals surface area contributed by atoms with Gasteiger partial charge in [0.2, 0.25) is 0 Å². The van der Waals surface area contributed by atoms with E-state index in [1.165, 1.54) is 12.1 Å². The first-order chi connectivity index (χ1) is 10.7. The zero-order chi connectivity index (χ0) is 15.8. The molecule has 0 aromatic heterocycles. The Hall–Kier alpha value is -2.37. The molecule has 1 heterocycles. The SMILES string of the molecule is C1COCC[NH2+]1.O=C(O)c1ccc(-c2ccc([O-])cc2)cc1. The molecule has 0 atom stereocenters. The average Bonchev–Trinajstić information content (AvgIpc) is 2.58. The molecule has 5 nitrogen and oxygen atoms in total. The predicted molar refractivity (Wildman–Crippen MR) is 80.8 cm³/mol. The summed E-state index contributed by atoms with van der Waals surface area (Å²) in [6.07, 6.45) is 0. The Morgan fingerprint density at radius 1 is 0.955 bits per heavy atom. The zero-order valence-corrected chi connectivity index (χ0v) is 12.2. The van der Waals surface area contributed by atoms with Gasteiger partial charge < -0.3 is 20.3 Å². The van der Waals surface area contributed by atoms with Gasteiger partial charge in [-0.05, 0) is 23.3 Å². The van der Waals surface area contributed by atoms with Gasteiger partial charge in [0.15, 0.2) is 0 Å². The van der Waals surface area contributed by atoms with Crippen LogP contribution >= 0.6 is 0 Å². The first-order valence-corrected chi connectivity index (χ1v) is 7.17. The van der Waals surface area contributed by atoms with Gasteiger partial charge in [0.25, 0.3) is 0 Å². The maximum atomic E-state index is 10.9. The molecule has 0 unspecified atom stereocenters. The lowest BCUT2D eigenvalue weighted by Gasteiger charge is -2.07. The number of carboxylic acids is 1. The molecule has 3 N–H and O–H groups in total. The number of morpholine rings is 1. The number of benzene rings is 2. The van der Waals surface area contributed by atoms with E-state index in [1.54, 1.807) is 36.4 Å². The van der Waals surface area contributed by atoms with E-state index in [2.05, 4.69) is 5.32 Å². The summed E-state index contributed by atoms with van der Waals surface area (Å²) in [5, 5.41) is 21.9. The Morgan fingerprint density at radius 3 is 1.82 bits per heavy atom. The van der Waals surface area contributed by atoms with Crippen molar-refractivity contribution in [3.05, 3.63) is 54.1 Å². The highest BCUT2D eigenvalue weighted by Crippen LogP contribution is 2.21. The van der Waals surface area contributed by atoms with Crippen LogP contribution in [0, 0.1) is 0 Å². The van der Waals surface area contributed by atoms with Crippen LogP contribution in [0.5, 0.6) is 5.75 Å². The van der Waals surface area contributed by atoms with E-state index in [0.29, 0.717) is 0 Å². The summed E-state index contributed by atoms with van der Waals surface area (Å²) in [5.74, 6) is -0.979. The van der Waals surface area contributed by atoms with Crippen LogP contribution < -0.4 is 10.4 Å². The van der Waals surface area contributed by atoms with E-state index >= 15 is 0 Å².